The smallest absolute Gasteiger partial charge is 0.327 e. The summed E-state index contributed by atoms with van der Waals surface area (Å²) < 4.78 is 0. The van der Waals surface area contributed by atoms with Crippen LogP contribution in [0.5, 0.6) is 0 Å². The average Bonchev–Trinajstić information content (AvgIpc) is 2.41. The van der Waals surface area contributed by atoms with Gasteiger partial charge in [-0.2, -0.15) is 0 Å². The zero-order valence-electron chi connectivity index (χ0n) is 10.7. The zero-order chi connectivity index (χ0) is 17.0. The van der Waals surface area contributed by atoms with Gasteiger partial charge in [-0.05, 0) is 0 Å². The highest BCUT2D eigenvalue weighted by atomic mass is 16.4. The van der Waals surface area contributed by atoms with Crippen LogP contribution in [0, 0.1) is 6.57 Å². The fraction of sp³-hybridized carbons (Fsp3) is 0.167. The minimum atomic E-state index is -0.981. The van der Waals surface area contributed by atoms with Gasteiger partial charge in [0.15, 0.2) is 0 Å². The Hall–Kier alpha value is -2.92. The minimum Gasteiger partial charge on any atom is -0.478 e. The summed E-state index contributed by atoms with van der Waals surface area (Å²) in [5, 5.41) is 30.7. The van der Waals surface area contributed by atoms with Gasteiger partial charge in [-0.3, -0.25) is 0 Å². The van der Waals surface area contributed by atoms with Gasteiger partial charge < -0.3 is 25.3 Å². The topological polar surface area (TPSA) is 136 Å². The molecule has 0 amide bonds. The minimum absolute atomic E-state index is 0.0104. The van der Waals surface area contributed by atoms with E-state index < -0.39 is 17.9 Å². The van der Waals surface area contributed by atoms with Gasteiger partial charge in [0.2, 0.25) is 6.54 Å². The first-order valence-electron chi connectivity index (χ1n) is 4.73. The highest BCUT2D eigenvalue weighted by molar-refractivity contribution is 5.79. The molecule has 0 fully saturated rings. The normalized spacial score (nSPS) is 6.40. The molecule has 0 saturated heterocycles. The quantitative estimate of drug-likeness (QED) is 0.440. The van der Waals surface area contributed by atoms with Gasteiger partial charge in [0.05, 0.1) is 0 Å². The van der Waals surface area contributed by atoms with Crippen LogP contribution in [-0.2, 0) is 14.4 Å². The summed E-state index contributed by atoms with van der Waals surface area (Å²) in [4.78, 5) is 30.6. The number of hydrogen-bond acceptors (Lipinski definition) is 4. The van der Waals surface area contributed by atoms with Crippen LogP contribution in [0.15, 0.2) is 38.0 Å². The molecule has 0 radical (unpaired) electrons. The van der Waals surface area contributed by atoms with E-state index >= 15 is 0 Å². The Kier molecular flexibility index (Phi) is 32.3. The molecule has 8 heteroatoms. The first kappa shape index (κ1) is 25.8. The monoisotopic (exact) mass is 287 g/mol. The van der Waals surface area contributed by atoms with Gasteiger partial charge in [-0.15, -0.1) is 0 Å². The molecule has 0 bridgehead atoms. The number of aliphatic hydroxyl groups excluding tert-OH is 1. The van der Waals surface area contributed by atoms with E-state index in [-0.39, 0.29) is 13.2 Å². The van der Waals surface area contributed by atoms with Crippen molar-refractivity contribution in [2.24, 2.45) is 0 Å². The summed E-state index contributed by atoms with van der Waals surface area (Å²) in [5.41, 5.74) is 0. The van der Waals surface area contributed by atoms with Crippen LogP contribution in [0.3, 0.4) is 0 Å². The Bertz CT molecular complexity index is 313. The number of carboxylic acids is 3. The molecule has 0 aromatic carbocycles. The Balaban J connectivity index is -0.0000000853. The second-order valence-electron chi connectivity index (χ2n) is 2.23. The molecule has 0 heterocycles. The number of carbonyl (C=O) groups is 3. The van der Waals surface area contributed by atoms with Crippen LogP contribution in [-0.4, -0.2) is 51.5 Å². The lowest BCUT2D eigenvalue weighted by Gasteiger charge is -1.66. The van der Waals surface area contributed by atoms with Crippen molar-refractivity contribution in [3.63, 3.8) is 0 Å². The van der Waals surface area contributed by atoms with Crippen molar-refractivity contribution in [1.82, 2.24) is 0 Å². The SMILES string of the molecule is C=CC(=O)O.C=CC(=O)O.C=CC(=O)O.[C-]#[N+]CCO. The maximum absolute atomic E-state index is 9.25. The molecule has 0 rings (SSSR count). The molecule has 0 aromatic rings. The Morgan fingerprint density at radius 2 is 1.10 bits per heavy atom. The van der Waals surface area contributed by atoms with Crippen molar-refractivity contribution in [3.05, 3.63) is 49.4 Å². The van der Waals surface area contributed by atoms with Crippen LogP contribution in [0.1, 0.15) is 0 Å². The highest BCUT2D eigenvalue weighted by Gasteiger charge is 1.74. The average molecular weight is 287 g/mol. The number of hydrogen-bond donors (Lipinski definition) is 4. The van der Waals surface area contributed by atoms with Crippen LogP contribution >= 0.6 is 0 Å². The van der Waals surface area contributed by atoms with Gasteiger partial charge in [0.1, 0.15) is 6.61 Å². The summed E-state index contributed by atoms with van der Waals surface area (Å²) in [6.45, 7) is 15.2. The second kappa shape index (κ2) is 25.1. The van der Waals surface area contributed by atoms with Gasteiger partial charge in [0, 0.05) is 18.2 Å². The molecule has 0 atom stereocenters. The van der Waals surface area contributed by atoms with Gasteiger partial charge in [0.25, 0.3) is 0 Å². The van der Waals surface area contributed by atoms with Gasteiger partial charge in [-0.25, -0.2) is 21.0 Å². The molecule has 20 heavy (non-hydrogen) atoms. The first-order chi connectivity index (χ1) is 9.22. The van der Waals surface area contributed by atoms with Gasteiger partial charge in [-0.1, -0.05) is 19.7 Å². The van der Waals surface area contributed by atoms with Crippen molar-refractivity contribution in [2.75, 3.05) is 13.2 Å². The molecule has 0 aromatic heterocycles. The van der Waals surface area contributed by atoms with Crippen LogP contribution in [0.25, 0.3) is 4.85 Å². The number of rotatable bonds is 4. The highest BCUT2D eigenvalue weighted by Crippen LogP contribution is 1.57. The maximum atomic E-state index is 9.25. The summed E-state index contributed by atoms with van der Waals surface area (Å²) in [7, 11) is 0. The van der Waals surface area contributed by atoms with E-state index in [1.165, 1.54) is 0 Å². The molecule has 0 saturated carbocycles. The molecular weight excluding hydrogens is 270 g/mol. The number of carboxylic acid groups (broad SMARTS) is 3. The van der Waals surface area contributed by atoms with E-state index in [9.17, 15) is 14.4 Å². The van der Waals surface area contributed by atoms with Crippen LogP contribution < -0.4 is 0 Å². The van der Waals surface area contributed by atoms with E-state index in [1.807, 2.05) is 0 Å². The molecule has 8 nitrogen and oxygen atoms in total. The summed E-state index contributed by atoms with van der Waals surface area (Å²) >= 11 is 0. The second-order valence-corrected chi connectivity index (χ2v) is 2.23. The third-order valence-electron chi connectivity index (χ3n) is 0.736. The number of nitrogens with zero attached hydrogens (tertiary/aromatic N) is 1. The van der Waals surface area contributed by atoms with Gasteiger partial charge >= 0.3 is 17.9 Å². The summed E-state index contributed by atoms with van der Waals surface area (Å²) in [5.74, 6) is -2.94. The van der Waals surface area contributed by atoms with Crippen molar-refractivity contribution in [1.29, 1.82) is 0 Å². The largest absolute Gasteiger partial charge is 0.478 e. The predicted octanol–water partition coefficient (Wildman–Crippen LogP) is 0.669. The number of aliphatic carboxylic acids is 3. The fourth-order valence-corrected chi connectivity index (χ4v) is 0.0500. The molecular formula is C12H17NO7. The van der Waals surface area contributed by atoms with E-state index in [0.717, 1.165) is 18.2 Å². The van der Waals surface area contributed by atoms with Crippen molar-refractivity contribution in [3.8, 4) is 0 Å². The lowest BCUT2D eigenvalue weighted by Crippen LogP contribution is -1.82. The Labute approximate surface area is 116 Å². The number of aliphatic hydroxyl groups is 1. The molecule has 0 unspecified atom stereocenters. The van der Waals surface area contributed by atoms with E-state index in [2.05, 4.69) is 24.6 Å². The van der Waals surface area contributed by atoms with Crippen LogP contribution in [0.2, 0.25) is 0 Å². The first-order valence-corrected chi connectivity index (χ1v) is 4.73. The molecule has 4 N–H and O–H groups in total. The summed E-state index contributed by atoms with van der Waals surface area (Å²) in [6, 6.07) is 0. The van der Waals surface area contributed by atoms with Crippen molar-refractivity contribution >= 4 is 17.9 Å². The lowest BCUT2D eigenvalue weighted by atomic mass is 10.7. The zero-order valence-corrected chi connectivity index (χ0v) is 10.7. The fourth-order valence-electron chi connectivity index (χ4n) is 0.0500. The van der Waals surface area contributed by atoms with Crippen LogP contribution in [0.4, 0.5) is 0 Å². The van der Waals surface area contributed by atoms with E-state index in [1.54, 1.807) is 0 Å². The molecule has 0 aliphatic rings. The van der Waals surface area contributed by atoms with Crippen molar-refractivity contribution in [2.45, 2.75) is 0 Å². The third-order valence-corrected chi connectivity index (χ3v) is 0.736. The Morgan fingerprint density at radius 1 is 0.900 bits per heavy atom. The Morgan fingerprint density at radius 3 is 1.10 bits per heavy atom. The van der Waals surface area contributed by atoms with E-state index in [0.29, 0.717) is 0 Å². The molecule has 112 valence electrons. The molecule has 0 spiro atoms. The van der Waals surface area contributed by atoms with Crippen molar-refractivity contribution < 1.29 is 34.8 Å². The molecule has 0 aliphatic heterocycles. The summed E-state index contributed by atoms with van der Waals surface area (Å²) in [6.07, 6.45) is 2.50. The maximum Gasteiger partial charge on any atom is 0.327 e. The van der Waals surface area contributed by atoms with E-state index in [4.69, 9.17) is 27.0 Å². The third kappa shape index (κ3) is 116. The molecule has 0 aliphatic carbocycles. The lowest BCUT2D eigenvalue weighted by molar-refractivity contribution is -0.132. The standard InChI is InChI=1S/C3H5NO.3C3H4O2/c1-4-2-3-5;3*1-2-3(4)5/h5H,2-3H2;3*2H,1H2,(H,4,5). The predicted molar refractivity (Wildman–Crippen MR) is 72.1 cm³/mol.